The first-order valence-electron chi connectivity index (χ1n) is 7.47. The summed E-state index contributed by atoms with van der Waals surface area (Å²) in [5.41, 5.74) is 1.15. The van der Waals surface area contributed by atoms with E-state index in [0.717, 1.165) is 31.2 Å². The minimum Gasteiger partial charge on any atom is -0.472 e. The molecule has 5 nitrogen and oxygen atoms in total. The van der Waals surface area contributed by atoms with Crippen LogP contribution in [0, 0.1) is 11.8 Å². The molecule has 108 valence electrons. The zero-order chi connectivity index (χ0) is 13.5. The average Bonchev–Trinajstić information content (AvgIpc) is 3.22. The summed E-state index contributed by atoms with van der Waals surface area (Å²) in [5.74, 6) is 2.42. The standard InChI is InChI=1S/C15H21N3O2/c1-16-15(17-6-10-4-5-19-9-10)18-7-11-12(8-18)14-3-2-13(11)20-14/h4-5,9,11-14H,2-3,6-8H2,1H3,(H,16,17). The Hall–Kier alpha value is -1.49. The number of aliphatic imine (C=N–C) groups is 1. The van der Waals surface area contributed by atoms with Crippen molar-refractivity contribution in [3.8, 4) is 0 Å². The number of fused-ring (bicyclic) bond motifs is 5. The quantitative estimate of drug-likeness (QED) is 0.656. The summed E-state index contributed by atoms with van der Waals surface area (Å²) in [6.45, 7) is 2.92. The third-order valence-electron chi connectivity index (χ3n) is 4.99. The molecule has 3 fully saturated rings. The molecule has 1 aromatic rings. The predicted octanol–water partition coefficient (Wildman–Crippen LogP) is 1.46. The summed E-state index contributed by atoms with van der Waals surface area (Å²) in [5, 5.41) is 3.43. The highest BCUT2D eigenvalue weighted by atomic mass is 16.5. The van der Waals surface area contributed by atoms with Crippen LogP contribution in [0.3, 0.4) is 0 Å². The molecular weight excluding hydrogens is 254 g/mol. The lowest BCUT2D eigenvalue weighted by Gasteiger charge is -2.23. The summed E-state index contributed by atoms with van der Waals surface area (Å²) in [6.07, 6.45) is 6.98. The van der Waals surface area contributed by atoms with Gasteiger partial charge in [-0.3, -0.25) is 4.99 Å². The number of ether oxygens (including phenoxy) is 1. The Morgan fingerprint density at radius 2 is 2.10 bits per heavy atom. The number of hydrogen-bond acceptors (Lipinski definition) is 3. The van der Waals surface area contributed by atoms with E-state index in [1.165, 1.54) is 12.8 Å². The molecule has 0 spiro atoms. The SMILES string of the molecule is CN=C(NCc1ccoc1)N1CC2C3CCC(O3)C2C1. The summed E-state index contributed by atoms with van der Waals surface area (Å²) in [4.78, 5) is 6.82. The van der Waals surface area contributed by atoms with Crippen LogP contribution in [0.15, 0.2) is 28.0 Å². The van der Waals surface area contributed by atoms with Gasteiger partial charge in [-0.2, -0.15) is 0 Å². The van der Waals surface area contributed by atoms with Crippen LogP contribution >= 0.6 is 0 Å². The molecule has 0 amide bonds. The lowest BCUT2D eigenvalue weighted by molar-refractivity contribution is 0.0767. The topological polar surface area (TPSA) is 50.0 Å². The summed E-state index contributed by atoms with van der Waals surface area (Å²) < 4.78 is 11.1. The van der Waals surface area contributed by atoms with E-state index in [-0.39, 0.29) is 0 Å². The number of guanidine groups is 1. The third-order valence-corrected chi connectivity index (χ3v) is 4.99. The summed E-state index contributed by atoms with van der Waals surface area (Å²) in [7, 11) is 1.86. The van der Waals surface area contributed by atoms with E-state index < -0.39 is 0 Å². The second-order valence-electron chi connectivity index (χ2n) is 6.06. The van der Waals surface area contributed by atoms with Crippen LogP contribution in [-0.4, -0.2) is 43.2 Å². The van der Waals surface area contributed by atoms with Crippen molar-refractivity contribution in [1.29, 1.82) is 0 Å². The molecule has 4 heterocycles. The highest BCUT2D eigenvalue weighted by molar-refractivity contribution is 5.80. The van der Waals surface area contributed by atoms with Gasteiger partial charge in [0.15, 0.2) is 5.96 Å². The van der Waals surface area contributed by atoms with E-state index in [2.05, 4.69) is 15.2 Å². The molecule has 0 aliphatic carbocycles. The maximum Gasteiger partial charge on any atom is 0.193 e. The number of likely N-dealkylation sites (tertiary alicyclic amines) is 1. The van der Waals surface area contributed by atoms with Crippen molar-refractivity contribution in [1.82, 2.24) is 10.2 Å². The highest BCUT2D eigenvalue weighted by Crippen LogP contribution is 2.47. The molecule has 4 atom stereocenters. The van der Waals surface area contributed by atoms with Crippen LogP contribution in [0.2, 0.25) is 0 Å². The molecule has 3 aliphatic rings. The normalized spacial score (nSPS) is 35.6. The molecule has 1 N–H and O–H groups in total. The molecule has 5 heteroatoms. The van der Waals surface area contributed by atoms with E-state index in [0.29, 0.717) is 24.0 Å². The molecule has 4 rings (SSSR count). The third kappa shape index (κ3) is 1.92. The fourth-order valence-electron chi connectivity index (χ4n) is 4.04. The van der Waals surface area contributed by atoms with E-state index in [9.17, 15) is 0 Å². The second-order valence-corrected chi connectivity index (χ2v) is 6.06. The Morgan fingerprint density at radius 1 is 1.35 bits per heavy atom. The predicted molar refractivity (Wildman–Crippen MR) is 75.4 cm³/mol. The summed E-state index contributed by atoms with van der Waals surface area (Å²) >= 11 is 0. The van der Waals surface area contributed by atoms with Gasteiger partial charge in [0.1, 0.15) is 0 Å². The van der Waals surface area contributed by atoms with E-state index in [1.54, 1.807) is 12.5 Å². The number of nitrogens with zero attached hydrogens (tertiary/aromatic N) is 2. The second kappa shape index (κ2) is 4.81. The highest BCUT2D eigenvalue weighted by Gasteiger charge is 2.53. The molecule has 3 aliphatic heterocycles. The van der Waals surface area contributed by atoms with Crippen molar-refractivity contribution in [3.63, 3.8) is 0 Å². The minimum atomic E-state index is 0.502. The lowest BCUT2D eigenvalue weighted by atomic mass is 9.82. The maximum atomic E-state index is 6.02. The molecule has 3 saturated heterocycles. The van der Waals surface area contributed by atoms with E-state index >= 15 is 0 Å². The average molecular weight is 275 g/mol. The van der Waals surface area contributed by atoms with Crippen molar-refractivity contribution in [3.05, 3.63) is 24.2 Å². The van der Waals surface area contributed by atoms with Crippen LogP contribution in [0.1, 0.15) is 18.4 Å². The van der Waals surface area contributed by atoms with Crippen LogP contribution in [-0.2, 0) is 11.3 Å². The van der Waals surface area contributed by atoms with Gasteiger partial charge in [-0.15, -0.1) is 0 Å². The zero-order valence-corrected chi connectivity index (χ0v) is 11.8. The van der Waals surface area contributed by atoms with Gasteiger partial charge in [0, 0.05) is 44.1 Å². The Kier molecular flexibility index (Phi) is 2.95. The summed E-state index contributed by atoms with van der Waals surface area (Å²) in [6, 6.07) is 1.98. The van der Waals surface area contributed by atoms with Crippen LogP contribution in [0.25, 0.3) is 0 Å². The number of nitrogens with one attached hydrogen (secondary N) is 1. The van der Waals surface area contributed by atoms with Gasteiger partial charge in [-0.1, -0.05) is 0 Å². The lowest BCUT2D eigenvalue weighted by Crippen LogP contribution is -2.40. The van der Waals surface area contributed by atoms with E-state index in [1.807, 2.05) is 13.1 Å². The Balaban J connectivity index is 1.40. The first-order chi connectivity index (χ1) is 9.85. The van der Waals surface area contributed by atoms with Crippen LogP contribution in [0.4, 0.5) is 0 Å². The first-order valence-corrected chi connectivity index (χ1v) is 7.47. The van der Waals surface area contributed by atoms with Gasteiger partial charge in [-0.25, -0.2) is 0 Å². The zero-order valence-electron chi connectivity index (χ0n) is 11.8. The number of rotatable bonds is 2. The van der Waals surface area contributed by atoms with Gasteiger partial charge >= 0.3 is 0 Å². The molecule has 4 unspecified atom stereocenters. The van der Waals surface area contributed by atoms with Gasteiger partial charge in [0.05, 0.1) is 24.7 Å². The Bertz CT molecular complexity index is 481. The van der Waals surface area contributed by atoms with Gasteiger partial charge in [0.2, 0.25) is 0 Å². The Labute approximate surface area is 119 Å². The fraction of sp³-hybridized carbons (Fsp3) is 0.667. The van der Waals surface area contributed by atoms with Gasteiger partial charge in [0.25, 0.3) is 0 Å². The minimum absolute atomic E-state index is 0.502. The monoisotopic (exact) mass is 275 g/mol. The van der Waals surface area contributed by atoms with Crippen molar-refractivity contribution >= 4 is 5.96 Å². The molecule has 0 saturated carbocycles. The number of furan rings is 1. The van der Waals surface area contributed by atoms with Gasteiger partial charge in [-0.05, 0) is 18.9 Å². The molecule has 0 aromatic carbocycles. The van der Waals surface area contributed by atoms with Crippen molar-refractivity contribution in [2.75, 3.05) is 20.1 Å². The smallest absolute Gasteiger partial charge is 0.193 e. The van der Waals surface area contributed by atoms with Crippen LogP contribution in [0.5, 0.6) is 0 Å². The molecule has 2 bridgehead atoms. The Morgan fingerprint density at radius 3 is 2.70 bits per heavy atom. The van der Waals surface area contributed by atoms with Crippen molar-refractivity contribution in [2.24, 2.45) is 16.8 Å². The van der Waals surface area contributed by atoms with Crippen molar-refractivity contribution < 1.29 is 9.15 Å². The van der Waals surface area contributed by atoms with Gasteiger partial charge < -0.3 is 19.4 Å². The number of hydrogen-bond donors (Lipinski definition) is 1. The largest absolute Gasteiger partial charge is 0.472 e. The molecule has 1 aromatic heterocycles. The molecule has 20 heavy (non-hydrogen) atoms. The van der Waals surface area contributed by atoms with E-state index in [4.69, 9.17) is 9.15 Å². The molecular formula is C15H21N3O2. The molecule has 0 radical (unpaired) electrons. The van der Waals surface area contributed by atoms with Crippen molar-refractivity contribution in [2.45, 2.75) is 31.6 Å². The fourth-order valence-corrected chi connectivity index (χ4v) is 4.04. The van der Waals surface area contributed by atoms with Crippen LogP contribution < -0.4 is 5.32 Å². The first kappa shape index (κ1) is 12.3. The maximum absolute atomic E-state index is 6.02.